The molecular weight excluding hydrogens is 331 g/mol. The number of nitrogens with zero attached hydrogens (tertiary/aromatic N) is 2. The maximum Gasteiger partial charge on any atom is 0.336 e. The largest absolute Gasteiger partial charge is 0.478 e. The van der Waals surface area contributed by atoms with Gasteiger partial charge in [0.25, 0.3) is 0 Å². The lowest BCUT2D eigenvalue weighted by atomic mass is 10.1. The average Bonchev–Trinajstić information content (AvgIpc) is 2.65. The molecule has 0 aliphatic rings. The van der Waals surface area contributed by atoms with Gasteiger partial charge in [-0.1, -0.05) is 18.2 Å². The van der Waals surface area contributed by atoms with E-state index in [1.807, 2.05) is 36.4 Å². The molecule has 2 aromatic heterocycles. The van der Waals surface area contributed by atoms with Gasteiger partial charge < -0.3 is 5.11 Å². The summed E-state index contributed by atoms with van der Waals surface area (Å²) in [7, 11) is 0. The fourth-order valence-corrected chi connectivity index (χ4v) is 2.86. The number of aromatic nitrogens is 2. The van der Waals surface area contributed by atoms with Gasteiger partial charge in [0.1, 0.15) is 5.82 Å². The van der Waals surface area contributed by atoms with Crippen molar-refractivity contribution >= 4 is 39.9 Å². The van der Waals surface area contributed by atoms with E-state index in [-0.39, 0.29) is 5.56 Å². The van der Waals surface area contributed by atoms with Gasteiger partial charge in [-0.15, -0.1) is 0 Å². The summed E-state index contributed by atoms with van der Waals surface area (Å²) in [6.07, 6.45) is 5.29. The molecule has 0 bridgehead atoms. The third-order valence-corrected chi connectivity index (χ3v) is 4.10. The van der Waals surface area contributed by atoms with Crippen molar-refractivity contribution in [2.45, 2.75) is 0 Å². The summed E-state index contributed by atoms with van der Waals surface area (Å²) in [5.41, 5.74) is 2.69. The number of rotatable bonds is 3. The maximum absolute atomic E-state index is 13.5. The monoisotopic (exact) mass is 344 g/mol. The first-order valence-electron chi connectivity index (χ1n) is 7.97. The molecule has 1 N–H and O–H groups in total. The van der Waals surface area contributed by atoms with Crippen LogP contribution in [0.25, 0.3) is 34.0 Å². The molecule has 0 radical (unpaired) electrons. The van der Waals surface area contributed by atoms with E-state index in [9.17, 15) is 14.3 Å². The lowest BCUT2D eigenvalue weighted by Gasteiger charge is -2.05. The molecule has 0 atom stereocenters. The van der Waals surface area contributed by atoms with Crippen LogP contribution in [-0.4, -0.2) is 21.0 Å². The van der Waals surface area contributed by atoms with Crippen LogP contribution >= 0.6 is 0 Å². The number of carboxylic acid groups (broad SMARTS) is 1. The van der Waals surface area contributed by atoms with Crippen LogP contribution in [0.3, 0.4) is 0 Å². The number of aromatic carboxylic acids is 1. The van der Waals surface area contributed by atoms with Crippen molar-refractivity contribution in [1.82, 2.24) is 9.97 Å². The number of hydrogen-bond donors (Lipinski definition) is 1. The van der Waals surface area contributed by atoms with E-state index in [0.717, 1.165) is 16.5 Å². The van der Waals surface area contributed by atoms with Crippen molar-refractivity contribution in [3.05, 3.63) is 83.4 Å². The van der Waals surface area contributed by atoms with Gasteiger partial charge in [0.15, 0.2) is 0 Å². The highest BCUT2D eigenvalue weighted by Gasteiger charge is 2.11. The summed E-state index contributed by atoms with van der Waals surface area (Å²) >= 11 is 0. The fraction of sp³-hybridized carbons (Fsp3) is 0. The zero-order chi connectivity index (χ0) is 18.1. The summed E-state index contributed by atoms with van der Waals surface area (Å²) < 4.78 is 13.5. The molecule has 0 fully saturated rings. The van der Waals surface area contributed by atoms with Gasteiger partial charge in [-0.3, -0.25) is 4.98 Å². The van der Waals surface area contributed by atoms with E-state index in [0.29, 0.717) is 16.6 Å². The summed E-state index contributed by atoms with van der Waals surface area (Å²) in [6.45, 7) is 0. The van der Waals surface area contributed by atoms with Gasteiger partial charge in [0, 0.05) is 23.0 Å². The van der Waals surface area contributed by atoms with Gasteiger partial charge in [0.2, 0.25) is 0 Å². The van der Waals surface area contributed by atoms with E-state index in [1.54, 1.807) is 12.3 Å². The zero-order valence-corrected chi connectivity index (χ0v) is 13.6. The predicted octanol–water partition coefficient (Wildman–Crippen LogP) is 4.79. The normalized spacial score (nSPS) is 11.4. The highest BCUT2D eigenvalue weighted by molar-refractivity contribution is 6.03. The summed E-state index contributed by atoms with van der Waals surface area (Å²) in [5, 5.41) is 10.8. The van der Waals surface area contributed by atoms with E-state index in [4.69, 9.17) is 0 Å². The number of fused-ring (bicyclic) bond motifs is 2. The van der Waals surface area contributed by atoms with Crippen molar-refractivity contribution in [3.8, 4) is 0 Å². The molecule has 4 rings (SSSR count). The van der Waals surface area contributed by atoms with E-state index >= 15 is 0 Å². The van der Waals surface area contributed by atoms with Crippen LogP contribution in [0, 0.1) is 5.82 Å². The molecule has 0 saturated heterocycles. The highest BCUT2D eigenvalue weighted by atomic mass is 19.1. The van der Waals surface area contributed by atoms with Crippen molar-refractivity contribution < 1.29 is 14.3 Å². The number of hydrogen-bond acceptors (Lipinski definition) is 3. The molecule has 126 valence electrons. The molecule has 4 nitrogen and oxygen atoms in total. The number of carboxylic acids is 1. The molecule has 2 aromatic carbocycles. The lowest BCUT2D eigenvalue weighted by Crippen LogP contribution is -2.00. The summed E-state index contributed by atoms with van der Waals surface area (Å²) in [5.74, 6) is -1.53. The maximum atomic E-state index is 13.5. The highest BCUT2D eigenvalue weighted by Crippen LogP contribution is 2.21. The van der Waals surface area contributed by atoms with E-state index in [1.165, 1.54) is 24.3 Å². The summed E-state index contributed by atoms with van der Waals surface area (Å²) in [4.78, 5) is 20.2. The first-order valence-corrected chi connectivity index (χ1v) is 7.97. The van der Waals surface area contributed by atoms with Gasteiger partial charge >= 0.3 is 5.97 Å². The van der Waals surface area contributed by atoms with Gasteiger partial charge in [-0.05, 0) is 48.0 Å². The van der Waals surface area contributed by atoms with Gasteiger partial charge in [-0.2, -0.15) is 0 Å². The van der Waals surface area contributed by atoms with E-state index < -0.39 is 11.8 Å². The van der Waals surface area contributed by atoms with E-state index in [2.05, 4.69) is 9.97 Å². The van der Waals surface area contributed by atoms with Crippen LogP contribution in [-0.2, 0) is 0 Å². The third kappa shape index (κ3) is 3.02. The quantitative estimate of drug-likeness (QED) is 0.580. The predicted molar refractivity (Wildman–Crippen MR) is 99.3 cm³/mol. The molecule has 0 amide bonds. The van der Waals surface area contributed by atoms with Crippen molar-refractivity contribution in [1.29, 1.82) is 0 Å². The smallest absolute Gasteiger partial charge is 0.336 e. The lowest BCUT2D eigenvalue weighted by molar-refractivity contribution is 0.0699. The van der Waals surface area contributed by atoms with Crippen LogP contribution in [0.1, 0.15) is 21.6 Å². The molecule has 0 saturated carbocycles. The van der Waals surface area contributed by atoms with Gasteiger partial charge in [-0.25, -0.2) is 14.2 Å². The molecule has 0 spiro atoms. The Bertz CT molecular complexity index is 1190. The Morgan fingerprint density at radius 2 is 1.88 bits per heavy atom. The zero-order valence-electron chi connectivity index (χ0n) is 13.6. The molecule has 0 aliphatic carbocycles. The number of pyridine rings is 2. The minimum absolute atomic E-state index is 0.0948. The van der Waals surface area contributed by atoms with Crippen LogP contribution in [0.5, 0.6) is 0 Å². The Balaban J connectivity index is 1.77. The second-order valence-corrected chi connectivity index (χ2v) is 5.85. The van der Waals surface area contributed by atoms with Crippen LogP contribution in [0.4, 0.5) is 4.39 Å². The Labute approximate surface area is 148 Å². The first kappa shape index (κ1) is 15.9. The minimum atomic E-state index is -1.07. The van der Waals surface area contributed by atoms with Gasteiger partial charge in [0.05, 0.1) is 22.3 Å². The van der Waals surface area contributed by atoms with Crippen molar-refractivity contribution in [3.63, 3.8) is 0 Å². The molecule has 4 aromatic rings. The number of carbonyl (C=O) groups is 1. The second kappa shape index (κ2) is 6.37. The summed E-state index contributed by atoms with van der Waals surface area (Å²) in [6, 6.07) is 15.1. The van der Waals surface area contributed by atoms with Crippen LogP contribution in [0.15, 0.2) is 60.8 Å². The molecule has 0 aliphatic heterocycles. The standard InChI is InChI=1S/C21H13FN2O2/c22-15-5-7-17-18(21(25)26)12-16(24-20(17)11-15)6-3-13-4-8-19-14(10-13)2-1-9-23-19/h1-12H,(H,25,26)/b6-3+. The second-order valence-electron chi connectivity index (χ2n) is 5.85. The van der Waals surface area contributed by atoms with Crippen molar-refractivity contribution in [2.24, 2.45) is 0 Å². The molecule has 5 heteroatoms. The molecule has 2 heterocycles. The first-order chi connectivity index (χ1) is 12.6. The molecular formula is C21H13FN2O2. The Morgan fingerprint density at radius 3 is 2.73 bits per heavy atom. The Hall–Kier alpha value is -3.60. The average molecular weight is 344 g/mol. The Kier molecular flexibility index (Phi) is 3.89. The number of halogens is 1. The fourth-order valence-electron chi connectivity index (χ4n) is 2.86. The Morgan fingerprint density at radius 1 is 1.00 bits per heavy atom. The van der Waals surface area contributed by atoms with Crippen LogP contribution in [0.2, 0.25) is 0 Å². The molecule has 26 heavy (non-hydrogen) atoms. The topological polar surface area (TPSA) is 63.1 Å². The van der Waals surface area contributed by atoms with Crippen molar-refractivity contribution in [2.75, 3.05) is 0 Å². The SMILES string of the molecule is O=C(O)c1cc(/C=C/c2ccc3ncccc3c2)nc2cc(F)ccc12. The minimum Gasteiger partial charge on any atom is -0.478 e. The number of benzene rings is 2. The molecule has 0 unspecified atom stereocenters. The third-order valence-electron chi connectivity index (χ3n) is 4.10. The van der Waals surface area contributed by atoms with Crippen LogP contribution < -0.4 is 0 Å².